The van der Waals surface area contributed by atoms with E-state index in [1.54, 1.807) is 12.1 Å². The molecule has 0 atom stereocenters. The van der Waals surface area contributed by atoms with Crippen LogP contribution in [0.25, 0.3) is 0 Å². The van der Waals surface area contributed by atoms with Gasteiger partial charge in [-0.3, -0.25) is 0 Å². The Morgan fingerprint density at radius 2 is 2.36 bits per heavy atom. The van der Waals surface area contributed by atoms with Crippen LogP contribution in [0.15, 0.2) is 18.3 Å². The zero-order valence-electron chi connectivity index (χ0n) is 8.41. The Balaban J connectivity index is 2.63. The molecule has 4 nitrogen and oxygen atoms in total. The largest absolute Gasteiger partial charge is 0.465 e. The van der Waals surface area contributed by atoms with Gasteiger partial charge in [-0.1, -0.05) is 6.92 Å². The topological polar surface area (TPSA) is 51.2 Å². The van der Waals surface area contributed by atoms with Gasteiger partial charge in [-0.2, -0.15) is 0 Å². The Labute approximate surface area is 83.3 Å². The minimum atomic E-state index is -0.362. The SMILES string of the molecule is CCCNc1ccc(C(=O)OC)cn1. The van der Waals surface area contributed by atoms with E-state index >= 15 is 0 Å². The number of hydrogen-bond donors (Lipinski definition) is 1. The molecule has 14 heavy (non-hydrogen) atoms. The second-order valence-electron chi connectivity index (χ2n) is 2.85. The lowest BCUT2D eigenvalue weighted by Gasteiger charge is -2.03. The minimum absolute atomic E-state index is 0.362. The molecule has 0 fully saturated rings. The summed E-state index contributed by atoms with van der Waals surface area (Å²) in [5.41, 5.74) is 0.467. The number of esters is 1. The third kappa shape index (κ3) is 2.73. The van der Waals surface area contributed by atoms with Gasteiger partial charge in [0.15, 0.2) is 0 Å². The van der Waals surface area contributed by atoms with Crippen LogP contribution in [0.5, 0.6) is 0 Å². The normalized spacial score (nSPS) is 9.57. The lowest BCUT2D eigenvalue weighted by molar-refractivity contribution is 0.0600. The summed E-state index contributed by atoms with van der Waals surface area (Å²) in [4.78, 5) is 15.1. The molecule has 0 spiro atoms. The van der Waals surface area contributed by atoms with Gasteiger partial charge in [0.1, 0.15) is 5.82 Å². The number of nitrogens with zero attached hydrogens (tertiary/aromatic N) is 1. The van der Waals surface area contributed by atoms with Crippen molar-refractivity contribution in [2.75, 3.05) is 19.0 Å². The Hall–Kier alpha value is -1.58. The highest BCUT2D eigenvalue weighted by atomic mass is 16.5. The van der Waals surface area contributed by atoms with Crippen LogP contribution in [0, 0.1) is 0 Å². The van der Waals surface area contributed by atoms with E-state index in [9.17, 15) is 4.79 Å². The molecule has 0 radical (unpaired) electrons. The highest BCUT2D eigenvalue weighted by Crippen LogP contribution is 2.05. The van der Waals surface area contributed by atoms with Crippen molar-refractivity contribution in [1.29, 1.82) is 0 Å². The fourth-order valence-electron chi connectivity index (χ4n) is 0.990. The third-order valence-corrected chi connectivity index (χ3v) is 1.74. The maximum Gasteiger partial charge on any atom is 0.339 e. The molecule has 4 heteroatoms. The third-order valence-electron chi connectivity index (χ3n) is 1.74. The molecular weight excluding hydrogens is 180 g/mol. The number of pyridine rings is 1. The van der Waals surface area contributed by atoms with Crippen LogP contribution in [-0.4, -0.2) is 24.6 Å². The monoisotopic (exact) mass is 194 g/mol. The van der Waals surface area contributed by atoms with Crippen LogP contribution >= 0.6 is 0 Å². The molecule has 76 valence electrons. The maximum absolute atomic E-state index is 11.1. The van der Waals surface area contributed by atoms with Crippen molar-refractivity contribution in [3.05, 3.63) is 23.9 Å². The molecule has 0 aliphatic carbocycles. The smallest absolute Gasteiger partial charge is 0.339 e. The predicted molar refractivity (Wildman–Crippen MR) is 54.4 cm³/mol. The Kier molecular flexibility index (Phi) is 3.91. The first-order valence-corrected chi connectivity index (χ1v) is 4.56. The number of rotatable bonds is 4. The van der Waals surface area contributed by atoms with Gasteiger partial charge in [-0.05, 0) is 18.6 Å². The summed E-state index contributed by atoms with van der Waals surface area (Å²) in [5, 5.41) is 3.12. The molecule has 0 amide bonds. The summed E-state index contributed by atoms with van der Waals surface area (Å²) in [6, 6.07) is 3.46. The van der Waals surface area contributed by atoms with E-state index in [-0.39, 0.29) is 5.97 Å². The van der Waals surface area contributed by atoms with Crippen LogP contribution in [-0.2, 0) is 4.74 Å². The zero-order chi connectivity index (χ0) is 10.4. The number of anilines is 1. The van der Waals surface area contributed by atoms with Crippen molar-refractivity contribution in [1.82, 2.24) is 4.98 Å². The van der Waals surface area contributed by atoms with Crippen LogP contribution in [0.3, 0.4) is 0 Å². The summed E-state index contributed by atoms with van der Waals surface area (Å²) in [6.07, 6.45) is 2.55. The van der Waals surface area contributed by atoms with E-state index < -0.39 is 0 Å². The number of carbonyl (C=O) groups is 1. The standard InChI is InChI=1S/C10H14N2O2/c1-3-6-11-9-5-4-8(7-12-9)10(13)14-2/h4-5,7H,3,6H2,1-2H3,(H,11,12). The van der Waals surface area contributed by atoms with Crippen molar-refractivity contribution < 1.29 is 9.53 Å². The lowest BCUT2D eigenvalue weighted by atomic mass is 10.3. The summed E-state index contributed by atoms with van der Waals surface area (Å²) in [5.74, 6) is 0.416. The highest BCUT2D eigenvalue weighted by Gasteiger charge is 2.04. The molecule has 0 saturated heterocycles. The van der Waals surface area contributed by atoms with Crippen LogP contribution in [0.4, 0.5) is 5.82 Å². The molecule has 0 aromatic carbocycles. The molecule has 1 aromatic rings. The number of ether oxygens (including phenoxy) is 1. The maximum atomic E-state index is 11.1. The number of carbonyl (C=O) groups excluding carboxylic acids is 1. The van der Waals surface area contributed by atoms with Gasteiger partial charge in [-0.25, -0.2) is 9.78 Å². The van der Waals surface area contributed by atoms with Crippen molar-refractivity contribution in [3.63, 3.8) is 0 Å². The van der Waals surface area contributed by atoms with Gasteiger partial charge >= 0.3 is 5.97 Å². The van der Waals surface area contributed by atoms with E-state index in [4.69, 9.17) is 0 Å². The highest BCUT2D eigenvalue weighted by molar-refractivity contribution is 5.89. The van der Waals surface area contributed by atoms with E-state index in [2.05, 4.69) is 22.0 Å². The first-order chi connectivity index (χ1) is 6.77. The molecule has 0 bridgehead atoms. The Morgan fingerprint density at radius 1 is 1.57 bits per heavy atom. The predicted octanol–water partition coefficient (Wildman–Crippen LogP) is 1.69. The van der Waals surface area contributed by atoms with Gasteiger partial charge < -0.3 is 10.1 Å². The summed E-state index contributed by atoms with van der Waals surface area (Å²) < 4.78 is 4.56. The zero-order valence-corrected chi connectivity index (χ0v) is 8.41. The molecule has 0 unspecified atom stereocenters. The molecule has 0 saturated carbocycles. The molecule has 0 aliphatic rings. The summed E-state index contributed by atoms with van der Waals surface area (Å²) in [7, 11) is 1.35. The Morgan fingerprint density at radius 3 is 2.86 bits per heavy atom. The molecular formula is C10H14N2O2. The average molecular weight is 194 g/mol. The Bertz CT molecular complexity index is 295. The molecule has 0 aliphatic heterocycles. The molecule has 1 N–H and O–H groups in total. The lowest BCUT2D eigenvalue weighted by Crippen LogP contribution is -2.05. The van der Waals surface area contributed by atoms with Crippen LogP contribution in [0.2, 0.25) is 0 Å². The van der Waals surface area contributed by atoms with Gasteiger partial charge in [0, 0.05) is 12.7 Å². The number of nitrogens with one attached hydrogen (secondary N) is 1. The quantitative estimate of drug-likeness (QED) is 0.741. The molecule has 1 rings (SSSR count). The van der Waals surface area contributed by atoms with E-state index in [0.29, 0.717) is 5.56 Å². The van der Waals surface area contributed by atoms with Crippen molar-refractivity contribution in [2.24, 2.45) is 0 Å². The number of aromatic nitrogens is 1. The second-order valence-corrected chi connectivity index (χ2v) is 2.85. The molecule has 1 aromatic heterocycles. The fourth-order valence-corrected chi connectivity index (χ4v) is 0.990. The van der Waals surface area contributed by atoms with Gasteiger partial charge in [0.25, 0.3) is 0 Å². The molecule has 1 heterocycles. The first kappa shape index (κ1) is 10.5. The van der Waals surface area contributed by atoms with Crippen molar-refractivity contribution >= 4 is 11.8 Å². The van der Waals surface area contributed by atoms with E-state index in [1.165, 1.54) is 13.3 Å². The summed E-state index contributed by atoms with van der Waals surface area (Å²) >= 11 is 0. The minimum Gasteiger partial charge on any atom is -0.465 e. The number of methoxy groups -OCH3 is 1. The van der Waals surface area contributed by atoms with Gasteiger partial charge in [0.2, 0.25) is 0 Å². The average Bonchev–Trinajstić information content (AvgIpc) is 2.26. The van der Waals surface area contributed by atoms with Crippen molar-refractivity contribution in [2.45, 2.75) is 13.3 Å². The number of hydrogen-bond acceptors (Lipinski definition) is 4. The van der Waals surface area contributed by atoms with Gasteiger partial charge in [0.05, 0.1) is 12.7 Å². The first-order valence-electron chi connectivity index (χ1n) is 4.56. The van der Waals surface area contributed by atoms with Crippen LogP contribution < -0.4 is 5.32 Å². The van der Waals surface area contributed by atoms with Gasteiger partial charge in [-0.15, -0.1) is 0 Å². The van der Waals surface area contributed by atoms with Crippen molar-refractivity contribution in [3.8, 4) is 0 Å². The second kappa shape index (κ2) is 5.21. The fraction of sp³-hybridized carbons (Fsp3) is 0.400. The van der Waals surface area contributed by atoms with E-state index in [1.807, 2.05) is 0 Å². The summed E-state index contributed by atoms with van der Waals surface area (Å²) in [6.45, 7) is 2.96. The van der Waals surface area contributed by atoms with Crippen LogP contribution in [0.1, 0.15) is 23.7 Å². The van der Waals surface area contributed by atoms with E-state index in [0.717, 1.165) is 18.8 Å².